The Morgan fingerprint density at radius 1 is 1.15 bits per heavy atom. The molecule has 0 aliphatic carbocycles. The summed E-state index contributed by atoms with van der Waals surface area (Å²) in [5.74, 6) is 0.133. The van der Waals surface area contributed by atoms with Gasteiger partial charge < -0.3 is 10.1 Å². The molecule has 0 saturated heterocycles. The van der Waals surface area contributed by atoms with Crippen LogP contribution in [0, 0.1) is 13.8 Å². The highest BCUT2D eigenvalue weighted by molar-refractivity contribution is 5.96. The molecule has 0 fully saturated rings. The van der Waals surface area contributed by atoms with Crippen LogP contribution in [0.3, 0.4) is 0 Å². The van der Waals surface area contributed by atoms with Gasteiger partial charge in [-0.15, -0.1) is 0 Å². The lowest BCUT2D eigenvalue weighted by molar-refractivity contribution is 0.0946. The third kappa shape index (κ3) is 3.59. The highest BCUT2D eigenvalue weighted by atomic mass is 16.5. The van der Waals surface area contributed by atoms with Crippen LogP contribution in [-0.4, -0.2) is 27.3 Å². The minimum atomic E-state index is -0.215. The average molecular weight is 350 g/mol. The van der Waals surface area contributed by atoms with Crippen molar-refractivity contribution in [2.75, 3.05) is 6.61 Å². The molecule has 2 aromatic heterocycles. The van der Waals surface area contributed by atoms with Gasteiger partial charge in [-0.1, -0.05) is 18.2 Å². The number of aryl methyl sites for hydroxylation is 1. The van der Waals surface area contributed by atoms with Crippen LogP contribution >= 0.6 is 0 Å². The van der Waals surface area contributed by atoms with E-state index in [0.29, 0.717) is 24.6 Å². The molecule has 1 aromatic carbocycles. The number of carbonyl (C=O) groups excluding carboxylic acids is 1. The number of amides is 1. The molecule has 0 aliphatic rings. The molecular formula is C20H22N4O2. The van der Waals surface area contributed by atoms with Gasteiger partial charge >= 0.3 is 0 Å². The summed E-state index contributed by atoms with van der Waals surface area (Å²) in [5.41, 5.74) is 4.33. The highest BCUT2D eigenvalue weighted by Gasteiger charge is 2.16. The molecule has 26 heavy (non-hydrogen) atoms. The lowest BCUT2D eigenvalue weighted by atomic mass is 10.2. The number of pyridine rings is 1. The van der Waals surface area contributed by atoms with Gasteiger partial charge in [-0.2, -0.15) is 5.10 Å². The molecule has 0 bridgehead atoms. The van der Waals surface area contributed by atoms with E-state index in [4.69, 9.17) is 4.74 Å². The first-order valence-corrected chi connectivity index (χ1v) is 8.58. The van der Waals surface area contributed by atoms with Crippen molar-refractivity contribution in [2.45, 2.75) is 27.3 Å². The van der Waals surface area contributed by atoms with E-state index >= 15 is 0 Å². The fraction of sp³-hybridized carbons (Fsp3) is 0.250. The number of rotatable bonds is 6. The second-order valence-electron chi connectivity index (χ2n) is 5.87. The predicted molar refractivity (Wildman–Crippen MR) is 99.6 cm³/mol. The Morgan fingerprint density at radius 3 is 2.65 bits per heavy atom. The van der Waals surface area contributed by atoms with Gasteiger partial charge in [0.25, 0.3) is 5.91 Å². The molecule has 3 aromatic rings. The van der Waals surface area contributed by atoms with E-state index in [1.165, 1.54) is 0 Å². The molecule has 0 spiro atoms. The maximum Gasteiger partial charge on any atom is 0.257 e. The zero-order valence-electron chi connectivity index (χ0n) is 15.2. The van der Waals surface area contributed by atoms with Gasteiger partial charge in [0, 0.05) is 24.0 Å². The summed E-state index contributed by atoms with van der Waals surface area (Å²) in [6.07, 6.45) is 1.61. The van der Waals surface area contributed by atoms with Gasteiger partial charge in [0.2, 0.25) is 5.88 Å². The fourth-order valence-electron chi connectivity index (χ4n) is 2.83. The summed E-state index contributed by atoms with van der Waals surface area (Å²) in [6.45, 7) is 6.66. The van der Waals surface area contributed by atoms with E-state index in [9.17, 15) is 4.79 Å². The first-order chi connectivity index (χ1) is 12.6. The second kappa shape index (κ2) is 7.82. The summed E-state index contributed by atoms with van der Waals surface area (Å²) in [6, 6.07) is 13.4. The van der Waals surface area contributed by atoms with Crippen molar-refractivity contribution in [3.8, 4) is 11.6 Å². The molecule has 6 heteroatoms. The van der Waals surface area contributed by atoms with Crippen LogP contribution in [-0.2, 0) is 6.54 Å². The minimum absolute atomic E-state index is 0.215. The lowest BCUT2D eigenvalue weighted by Crippen LogP contribution is -2.24. The number of para-hydroxylation sites is 1. The van der Waals surface area contributed by atoms with Crippen molar-refractivity contribution < 1.29 is 9.53 Å². The number of nitrogens with one attached hydrogen (secondary N) is 1. The number of ether oxygens (including phenoxy) is 1. The minimum Gasteiger partial charge on any atom is -0.477 e. The third-order valence-electron chi connectivity index (χ3n) is 4.16. The number of aromatic nitrogens is 3. The Bertz CT molecular complexity index is 903. The topological polar surface area (TPSA) is 69.0 Å². The van der Waals surface area contributed by atoms with E-state index in [0.717, 1.165) is 22.6 Å². The zero-order chi connectivity index (χ0) is 18.5. The third-order valence-corrected chi connectivity index (χ3v) is 4.16. The Hall–Kier alpha value is -3.15. The van der Waals surface area contributed by atoms with Crippen LogP contribution in [0.25, 0.3) is 5.69 Å². The summed E-state index contributed by atoms with van der Waals surface area (Å²) >= 11 is 0. The number of benzene rings is 1. The predicted octanol–water partition coefficient (Wildman–Crippen LogP) is 3.21. The number of hydrogen-bond acceptors (Lipinski definition) is 4. The van der Waals surface area contributed by atoms with Gasteiger partial charge in [-0.25, -0.2) is 9.67 Å². The van der Waals surface area contributed by atoms with Gasteiger partial charge in [-0.05, 0) is 45.0 Å². The zero-order valence-corrected chi connectivity index (χ0v) is 15.2. The van der Waals surface area contributed by atoms with Crippen LogP contribution < -0.4 is 10.1 Å². The summed E-state index contributed by atoms with van der Waals surface area (Å²) in [4.78, 5) is 16.7. The van der Waals surface area contributed by atoms with E-state index in [1.807, 2.05) is 55.8 Å². The van der Waals surface area contributed by atoms with Crippen molar-refractivity contribution in [3.05, 3.63) is 71.2 Å². The average Bonchev–Trinajstić information content (AvgIpc) is 2.95. The standard InChI is InChI=1S/C20H22N4O2/c1-4-26-20-17(11-8-12-21-20)19(25)22-13-18-14(2)23-24(15(18)3)16-9-6-5-7-10-16/h5-12H,4,13H2,1-3H3,(H,22,25). The number of carbonyl (C=O) groups is 1. The van der Waals surface area contributed by atoms with E-state index < -0.39 is 0 Å². The summed E-state index contributed by atoms with van der Waals surface area (Å²) < 4.78 is 7.33. The molecule has 134 valence electrons. The van der Waals surface area contributed by atoms with Crippen LogP contribution in [0.4, 0.5) is 0 Å². The SMILES string of the molecule is CCOc1ncccc1C(=O)NCc1c(C)nn(-c2ccccc2)c1C. The van der Waals surface area contributed by atoms with Crippen molar-refractivity contribution in [2.24, 2.45) is 0 Å². The van der Waals surface area contributed by atoms with Crippen LogP contribution in [0.1, 0.15) is 34.2 Å². The van der Waals surface area contributed by atoms with E-state index in [2.05, 4.69) is 15.4 Å². The maximum atomic E-state index is 12.6. The molecule has 6 nitrogen and oxygen atoms in total. The Kier molecular flexibility index (Phi) is 5.31. The molecule has 0 atom stereocenters. The van der Waals surface area contributed by atoms with Crippen molar-refractivity contribution in [1.29, 1.82) is 0 Å². The Morgan fingerprint density at radius 2 is 1.92 bits per heavy atom. The summed E-state index contributed by atoms with van der Waals surface area (Å²) in [7, 11) is 0. The van der Waals surface area contributed by atoms with Crippen LogP contribution in [0.15, 0.2) is 48.7 Å². The van der Waals surface area contributed by atoms with E-state index in [1.54, 1.807) is 18.3 Å². The molecule has 0 unspecified atom stereocenters. The highest BCUT2D eigenvalue weighted by Crippen LogP contribution is 2.19. The first-order valence-electron chi connectivity index (χ1n) is 8.58. The van der Waals surface area contributed by atoms with E-state index in [-0.39, 0.29) is 5.91 Å². The number of nitrogens with zero attached hydrogens (tertiary/aromatic N) is 3. The molecule has 2 heterocycles. The summed E-state index contributed by atoms with van der Waals surface area (Å²) in [5, 5.41) is 7.55. The largest absolute Gasteiger partial charge is 0.477 e. The molecule has 0 radical (unpaired) electrons. The molecule has 1 N–H and O–H groups in total. The van der Waals surface area contributed by atoms with Crippen LogP contribution in [0.5, 0.6) is 5.88 Å². The monoisotopic (exact) mass is 350 g/mol. The van der Waals surface area contributed by atoms with Gasteiger partial charge in [0.1, 0.15) is 5.56 Å². The van der Waals surface area contributed by atoms with Crippen molar-refractivity contribution in [3.63, 3.8) is 0 Å². The fourth-order valence-corrected chi connectivity index (χ4v) is 2.83. The first kappa shape index (κ1) is 17.7. The molecule has 0 saturated carbocycles. The van der Waals surface area contributed by atoms with Gasteiger partial charge in [0.05, 0.1) is 18.0 Å². The molecular weight excluding hydrogens is 328 g/mol. The van der Waals surface area contributed by atoms with Gasteiger partial charge in [-0.3, -0.25) is 4.79 Å². The smallest absolute Gasteiger partial charge is 0.257 e. The normalized spacial score (nSPS) is 10.6. The molecule has 3 rings (SSSR count). The molecule has 1 amide bonds. The van der Waals surface area contributed by atoms with Crippen molar-refractivity contribution >= 4 is 5.91 Å². The lowest BCUT2D eigenvalue weighted by Gasteiger charge is -2.10. The molecule has 0 aliphatic heterocycles. The number of hydrogen-bond donors (Lipinski definition) is 1. The maximum absolute atomic E-state index is 12.6. The Balaban J connectivity index is 1.79. The second-order valence-corrected chi connectivity index (χ2v) is 5.87. The van der Waals surface area contributed by atoms with Crippen LogP contribution in [0.2, 0.25) is 0 Å². The quantitative estimate of drug-likeness (QED) is 0.741. The Labute approximate surface area is 152 Å². The van der Waals surface area contributed by atoms with Crippen molar-refractivity contribution in [1.82, 2.24) is 20.1 Å². The van der Waals surface area contributed by atoms with Gasteiger partial charge in [0.15, 0.2) is 0 Å².